The van der Waals surface area contributed by atoms with E-state index in [1.54, 1.807) is 56.3 Å². The molecule has 0 aliphatic carbocycles. The molecule has 0 saturated heterocycles. The summed E-state index contributed by atoms with van der Waals surface area (Å²) in [6, 6.07) is 14.6. The number of para-hydroxylation sites is 1. The molecule has 0 unspecified atom stereocenters. The molecular formula is C20H20N2O4S. The Hall–Kier alpha value is -2.93. The summed E-state index contributed by atoms with van der Waals surface area (Å²) < 4.78 is 27.2. The largest absolute Gasteiger partial charge is 0.336 e. The topological polar surface area (TPSA) is 76.5 Å². The van der Waals surface area contributed by atoms with E-state index in [1.165, 1.54) is 23.2 Å². The predicted octanol–water partition coefficient (Wildman–Crippen LogP) is 2.93. The normalized spacial score (nSPS) is 11.5. The molecule has 1 amide bonds. The van der Waals surface area contributed by atoms with Crippen molar-refractivity contribution in [2.45, 2.75) is 18.7 Å². The lowest BCUT2D eigenvalue weighted by Gasteiger charge is -2.17. The predicted molar refractivity (Wildman–Crippen MR) is 103 cm³/mol. The average molecular weight is 384 g/mol. The molecule has 0 saturated carbocycles. The Morgan fingerprint density at radius 1 is 0.926 bits per heavy atom. The molecule has 140 valence electrons. The van der Waals surface area contributed by atoms with E-state index in [4.69, 9.17) is 0 Å². The third kappa shape index (κ3) is 3.26. The molecule has 3 aromatic rings. The molecule has 2 aromatic carbocycles. The van der Waals surface area contributed by atoms with Crippen molar-refractivity contribution < 1.29 is 18.0 Å². The number of hydrogen-bond donors (Lipinski definition) is 0. The van der Waals surface area contributed by atoms with E-state index < -0.39 is 21.7 Å². The number of amides is 1. The first-order valence-corrected chi connectivity index (χ1v) is 10.1. The molecule has 0 fully saturated rings. The van der Waals surface area contributed by atoms with Gasteiger partial charge in [0.05, 0.1) is 16.0 Å². The molecule has 3 rings (SSSR count). The number of rotatable bonds is 6. The summed E-state index contributed by atoms with van der Waals surface area (Å²) in [4.78, 5) is 26.8. The number of hydrogen-bond acceptors (Lipinski definition) is 4. The monoisotopic (exact) mass is 384 g/mol. The zero-order chi connectivity index (χ0) is 19.6. The van der Waals surface area contributed by atoms with E-state index in [2.05, 4.69) is 0 Å². The summed E-state index contributed by atoms with van der Waals surface area (Å²) in [6.07, 6.45) is 1.25. The second-order valence-corrected chi connectivity index (χ2v) is 7.80. The van der Waals surface area contributed by atoms with Gasteiger partial charge in [-0.05, 0) is 32.0 Å². The molecule has 0 bridgehead atoms. The van der Waals surface area contributed by atoms with Crippen molar-refractivity contribution in [3.8, 4) is 0 Å². The van der Waals surface area contributed by atoms with Crippen LogP contribution in [0.4, 0.5) is 0 Å². The molecule has 0 spiro atoms. The van der Waals surface area contributed by atoms with Crippen LogP contribution in [0.2, 0.25) is 0 Å². The summed E-state index contributed by atoms with van der Waals surface area (Å²) in [6.45, 7) is 4.39. The van der Waals surface area contributed by atoms with Crippen LogP contribution in [0.1, 0.15) is 24.2 Å². The average Bonchev–Trinajstić information content (AvgIpc) is 3.09. The number of carbonyl (C=O) groups is 2. The summed E-state index contributed by atoms with van der Waals surface area (Å²) in [5.41, 5.74) is 0.444. The molecule has 0 N–H and O–H groups in total. The van der Waals surface area contributed by atoms with Crippen LogP contribution < -0.4 is 0 Å². The standard InChI is InChI=1S/C20H20N2O4S/c1-3-21(4-2)20(24)19(23)17-14-22(18-13-9-8-12-16(17)18)27(25,26)15-10-6-5-7-11-15/h5-14H,3-4H2,1-2H3. The molecule has 1 aromatic heterocycles. The Kier molecular flexibility index (Phi) is 5.14. The number of fused-ring (bicyclic) bond motifs is 1. The highest BCUT2D eigenvalue weighted by molar-refractivity contribution is 7.90. The van der Waals surface area contributed by atoms with Gasteiger partial charge in [-0.2, -0.15) is 0 Å². The van der Waals surface area contributed by atoms with Crippen LogP contribution in [0, 0.1) is 0 Å². The number of Topliss-reactive ketones (excluding diaryl/α,β-unsaturated/α-hetero) is 1. The van der Waals surface area contributed by atoms with Crippen molar-refractivity contribution in [3.63, 3.8) is 0 Å². The molecule has 7 heteroatoms. The lowest BCUT2D eigenvalue weighted by Crippen LogP contribution is -2.36. The number of benzene rings is 2. The maximum atomic E-state index is 13.1. The third-order valence-corrected chi connectivity index (χ3v) is 6.16. The van der Waals surface area contributed by atoms with Gasteiger partial charge in [0.15, 0.2) is 0 Å². The van der Waals surface area contributed by atoms with Gasteiger partial charge in [-0.3, -0.25) is 9.59 Å². The second-order valence-electron chi connectivity index (χ2n) is 5.98. The van der Waals surface area contributed by atoms with E-state index in [0.29, 0.717) is 24.0 Å². The van der Waals surface area contributed by atoms with E-state index in [1.807, 2.05) is 0 Å². The molecule has 1 heterocycles. The van der Waals surface area contributed by atoms with Crippen LogP contribution in [-0.4, -0.2) is 42.1 Å². The van der Waals surface area contributed by atoms with Crippen LogP contribution in [0.25, 0.3) is 10.9 Å². The molecule has 0 aliphatic rings. The minimum Gasteiger partial charge on any atom is -0.336 e. The first-order valence-electron chi connectivity index (χ1n) is 8.66. The van der Waals surface area contributed by atoms with Gasteiger partial charge in [0, 0.05) is 24.7 Å². The Morgan fingerprint density at radius 3 is 2.15 bits per heavy atom. The first-order chi connectivity index (χ1) is 12.9. The molecular weight excluding hydrogens is 364 g/mol. The lowest BCUT2D eigenvalue weighted by atomic mass is 10.1. The van der Waals surface area contributed by atoms with Gasteiger partial charge in [-0.25, -0.2) is 12.4 Å². The van der Waals surface area contributed by atoms with Crippen molar-refractivity contribution in [1.29, 1.82) is 0 Å². The Bertz CT molecular complexity index is 1100. The van der Waals surface area contributed by atoms with Crippen molar-refractivity contribution in [3.05, 3.63) is 66.4 Å². The van der Waals surface area contributed by atoms with Crippen LogP contribution in [0.5, 0.6) is 0 Å². The fourth-order valence-electron chi connectivity index (χ4n) is 3.01. The van der Waals surface area contributed by atoms with E-state index in [-0.39, 0.29) is 10.5 Å². The number of ketones is 1. The van der Waals surface area contributed by atoms with Gasteiger partial charge in [-0.15, -0.1) is 0 Å². The molecule has 27 heavy (non-hydrogen) atoms. The Balaban J connectivity index is 2.18. The maximum Gasteiger partial charge on any atom is 0.295 e. The van der Waals surface area contributed by atoms with Crippen LogP contribution >= 0.6 is 0 Å². The maximum absolute atomic E-state index is 13.1. The quantitative estimate of drug-likeness (QED) is 0.484. The Labute approximate surface area is 158 Å². The van der Waals surface area contributed by atoms with Gasteiger partial charge < -0.3 is 4.90 Å². The summed E-state index contributed by atoms with van der Waals surface area (Å²) in [5, 5.41) is 0.433. The SMILES string of the molecule is CCN(CC)C(=O)C(=O)c1cn(S(=O)(=O)c2ccccc2)c2ccccc12. The Morgan fingerprint density at radius 2 is 1.52 bits per heavy atom. The second kappa shape index (κ2) is 7.36. The highest BCUT2D eigenvalue weighted by Gasteiger charge is 2.28. The third-order valence-electron chi connectivity index (χ3n) is 4.47. The first kappa shape index (κ1) is 18.8. The number of nitrogens with zero attached hydrogens (tertiary/aromatic N) is 2. The van der Waals surface area contributed by atoms with Crippen LogP contribution in [0.15, 0.2) is 65.7 Å². The van der Waals surface area contributed by atoms with Crippen molar-refractivity contribution in [2.75, 3.05) is 13.1 Å². The fourth-order valence-corrected chi connectivity index (χ4v) is 4.40. The van der Waals surface area contributed by atoms with Gasteiger partial charge >= 0.3 is 0 Å². The van der Waals surface area contributed by atoms with Crippen molar-refractivity contribution >= 4 is 32.6 Å². The van der Waals surface area contributed by atoms with Gasteiger partial charge in [-0.1, -0.05) is 36.4 Å². The highest BCUT2D eigenvalue weighted by Crippen LogP contribution is 2.26. The van der Waals surface area contributed by atoms with E-state index in [0.717, 1.165) is 3.97 Å². The van der Waals surface area contributed by atoms with E-state index >= 15 is 0 Å². The molecule has 0 atom stereocenters. The molecule has 0 radical (unpaired) electrons. The number of carbonyl (C=O) groups excluding carboxylic acids is 2. The fraction of sp³-hybridized carbons (Fsp3) is 0.200. The highest BCUT2D eigenvalue weighted by atomic mass is 32.2. The minimum atomic E-state index is -3.90. The zero-order valence-corrected chi connectivity index (χ0v) is 15.9. The number of likely N-dealkylation sites (N-methyl/N-ethyl adjacent to an activating group) is 1. The molecule has 0 aliphatic heterocycles. The minimum absolute atomic E-state index is 0.0852. The summed E-state index contributed by atoms with van der Waals surface area (Å²) >= 11 is 0. The number of aromatic nitrogens is 1. The lowest BCUT2D eigenvalue weighted by molar-refractivity contribution is -0.126. The summed E-state index contributed by atoms with van der Waals surface area (Å²) in [5.74, 6) is -1.35. The van der Waals surface area contributed by atoms with Gasteiger partial charge in [0.2, 0.25) is 0 Å². The molecule has 6 nitrogen and oxygen atoms in total. The van der Waals surface area contributed by atoms with E-state index in [9.17, 15) is 18.0 Å². The van der Waals surface area contributed by atoms with Crippen molar-refractivity contribution in [1.82, 2.24) is 8.87 Å². The smallest absolute Gasteiger partial charge is 0.295 e. The van der Waals surface area contributed by atoms with Gasteiger partial charge in [0.1, 0.15) is 0 Å². The summed E-state index contributed by atoms with van der Waals surface area (Å²) in [7, 11) is -3.90. The van der Waals surface area contributed by atoms with Crippen molar-refractivity contribution in [2.24, 2.45) is 0 Å². The van der Waals surface area contributed by atoms with Crippen LogP contribution in [-0.2, 0) is 14.8 Å². The zero-order valence-electron chi connectivity index (χ0n) is 15.1. The van der Waals surface area contributed by atoms with Crippen LogP contribution in [0.3, 0.4) is 0 Å². The van der Waals surface area contributed by atoms with Gasteiger partial charge in [0.25, 0.3) is 21.7 Å².